The Balaban J connectivity index is 1.62. The minimum absolute atomic E-state index is 0.265. The van der Waals surface area contributed by atoms with Crippen LogP contribution in [0.4, 0.5) is 5.69 Å². The minimum atomic E-state index is -0.756. The molecule has 0 aromatic heterocycles. The number of fused-ring (bicyclic) bond motifs is 1. The van der Waals surface area contributed by atoms with Crippen molar-refractivity contribution in [1.82, 2.24) is 5.01 Å². The van der Waals surface area contributed by atoms with Gasteiger partial charge < -0.3 is 0 Å². The second-order valence-electron chi connectivity index (χ2n) is 6.97. The van der Waals surface area contributed by atoms with E-state index < -0.39 is 12.1 Å². The van der Waals surface area contributed by atoms with Crippen LogP contribution in [-0.4, -0.2) is 28.9 Å². The standard InChI is InChI=1S/C20H20N4O2/c1-12-5-8-16(9-6-12)24-19(25)17-18(20(24)26)23(22-21-17)11-15-10-13(2)4-7-14(15)3/h4-10,17-18H,11H2,1-3H3/t17-,18-/m0/s1. The molecule has 1 saturated heterocycles. The molecule has 0 saturated carbocycles. The maximum atomic E-state index is 13.0. The van der Waals surface area contributed by atoms with E-state index in [2.05, 4.69) is 28.5 Å². The van der Waals surface area contributed by atoms with Crippen molar-refractivity contribution >= 4 is 17.5 Å². The number of anilines is 1. The maximum absolute atomic E-state index is 13.0. The van der Waals surface area contributed by atoms with Crippen LogP contribution in [-0.2, 0) is 16.1 Å². The van der Waals surface area contributed by atoms with Gasteiger partial charge in [-0.15, -0.1) is 0 Å². The zero-order chi connectivity index (χ0) is 18.4. The number of hydrogen-bond donors (Lipinski definition) is 0. The highest BCUT2D eigenvalue weighted by molar-refractivity contribution is 6.25. The smallest absolute Gasteiger partial charge is 0.263 e. The lowest BCUT2D eigenvalue weighted by Gasteiger charge is -2.21. The lowest BCUT2D eigenvalue weighted by Crippen LogP contribution is -2.39. The van der Waals surface area contributed by atoms with Crippen LogP contribution in [0.15, 0.2) is 52.8 Å². The third kappa shape index (κ3) is 2.58. The van der Waals surface area contributed by atoms with E-state index in [1.165, 1.54) is 4.90 Å². The highest BCUT2D eigenvalue weighted by Gasteiger charge is 2.54. The van der Waals surface area contributed by atoms with Gasteiger partial charge in [-0.25, -0.2) is 4.90 Å². The molecule has 0 radical (unpaired) electrons. The third-order valence-electron chi connectivity index (χ3n) is 4.99. The summed E-state index contributed by atoms with van der Waals surface area (Å²) in [6.07, 6.45) is 0. The fraction of sp³-hybridized carbons (Fsp3) is 0.300. The predicted molar refractivity (Wildman–Crippen MR) is 97.6 cm³/mol. The van der Waals surface area contributed by atoms with Crippen molar-refractivity contribution in [2.24, 2.45) is 10.3 Å². The molecule has 2 amide bonds. The molecule has 4 rings (SSSR count). The van der Waals surface area contributed by atoms with Gasteiger partial charge in [-0.1, -0.05) is 46.7 Å². The number of carbonyl (C=O) groups excluding carboxylic acids is 2. The van der Waals surface area contributed by atoms with Gasteiger partial charge in [0.15, 0.2) is 12.1 Å². The Kier molecular flexibility index (Phi) is 3.83. The number of aryl methyl sites for hydroxylation is 3. The second-order valence-corrected chi connectivity index (χ2v) is 6.97. The van der Waals surface area contributed by atoms with Gasteiger partial charge in [0.2, 0.25) is 0 Å². The molecule has 0 aliphatic carbocycles. The van der Waals surface area contributed by atoms with E-state index in [1.807, 2.05) is 32.9 Å². The maximum Gasteiger partial charge on any atom is 0.263 e. The van der Waals surface area contributed by atoms with E-state index in [1.54, 1.807) is 17.1 Å². The largest absolute Gasteiger partial charge is 0.271 e. The molecule has 6 nitrogen and oxygen atoms in total. The first kappa shape index (κ1) is 16.4. The Morgan fingerprint density at radius 1 is 0.923 bits per heavy atom. The van der Waals surface area contributed by atoms with Gasteiger partial charge in [0.25, 0.3) is 11.8 Å². The van der Waals surface area contributed by atoms with E-state index in [9.17, 15) is 9.59 Å². The summed E-state index contributed by atoms with van der Waals surface area (Å²) in [4.78, 5) is 26.9. The first-order valence-electron chi connectivity index (χ1n) is 8.64. The van der Waals surface area contributed by atoms with Crippen LogP contribution < -0.4 is 4.90 Å². The van der Waals surface area contributed by atoms with Gasteiger partial charge in [0.1, 0.15) is 0 Å². The van der Waals surface area contributed by atoms with Gasteiger partial charge in [-0.2, -0.15) is 5.11 Å². The van der Waals surface area contributed by atoms with E-state index >= 15 is 0 Å². The Morgan fingerprint density at radius 2 is 1.62 bits per heavy atom. The normalized spacial score (nSPS) is 21.7. The molecule has 2 aliphatic heterocycles. The molecule has 2 aromatic carbocycles. The molecule has 0 N–H and O–H groups in total. The van der Waals surface area contributed by atoms with Crippen molar-refractivity contribution in [3.05, 3.63) is 64.7 Å². The van der Waals surface area contributed by atoms with E-state index in [-0.39, 0.29) is 11.8 Å². The van der Waals surface area contributed by atoms with Crippen molar-refractivity contribution in [3.8, 4) is 0 Å². The summed E-state index contributed by atoms with van der Waals surface area (Å²) in [5.74, 6) is -0.574. The van der Waals surface area contributed by atoms with Crippen molar-refractivity contribution in [1.29, 1.82) is 0 Å². The number of carbonyl (C=O) groups is 2. The summed E-state index contributed by atoms with van der Waals surface area (Å²) in [5, 5.41) is 9.85. The summed E-state index contributed by atoms with van der Waals surface area (Å²) in [6.45, 7) is 6.48. The average Bonchev–Trinajstić information content (AvgIpc) is 3.13. The fourth-order valence-corrected chi connectivity index (χ4v) is 3.45. The number of imide groups is 1. The molecule has 2 aromatic rings. The summed E-state index contributed by atoms with van der Waals surface area (Å²) in [7, 11) is 0. The van der Waals surface area contributed by atoms with E-state index in [0.29, 0.717) is 12.2 Å². The van der Waals surface area contributed by atoms with Crippen LogP contribution in [0.1, 0.15) is 22.3 Å². The Hall–Kier alpha value is -3.02. The van der Waals surface area contributed by atoms with Gasteiger partial charge in [-0.3, -0.25) is 14.6 Å². The van der Waals surface area contributed by atoms with Gasteiger partial charge in [-0.05, 0) is 44.0 Å². The Morgan fingerprint density at radius 3 is 2.35 bits per heavy atom. The van der Waals surface area contributed by atoms with Crippen LogP contribution in [0, 0.1) is 20.8 Å². The average molecular weight is 348 g/mol. The van der Waals surface area contributed by atoms with Gasteiger partial charge in [0, 0.05) is 0 Å². The number of rotatable bonds is 3. The van der Waals surface area contributed by atoms with Gasteiger partial charge >= 0.3 is 0 Å². The molecular formula is C20H20N4O2. The van der Waals surface area contributed by atoms with E-state index in [4.69, 9.17) is 0 Å². The molecule has 132 valence electrons. The number of hydrogen-bond acceptors (Lipinski definition) is 5. The number of nitrogens with zero attached hydrogens (tertiary/aromatic N) is 4. The number of benzene rings is 2. The highest BCUT2D eigenvalue weighted by atomic mass is 16.2. The molecule has 0 spiro atoms. The monoisotopic (exact) mass is 348 g/mol. The zero-order valence-electron chi connectivity index (χ0n) is 15.0. The van der Waals surface area contributed by atoms with Crippen LogP contribution in [0.25, 0.3) is 0 Å². The van der Waals surface area contributed by atoms with Crippen molar-refractivity contribution in [2.75, 3.05) is 4.90 Å². The van der Waals surface area contributed by atoms with Crippen molar-refractivity contribution < 1.29 is 9.59 Å². The highest BCUT2D eigenvalue weighted by Crippen LogP contribution is 2.33. The molecule has 2 atom stereocenters. The molecule has 6 heteroatoms. The van der Waals surface area contributed by atoms with Crippen molar-refractivity contribution in [2.45, 2.75) is 39.4 Å². The lowest BCUT2D eigenvalue weighted by atomic mass is 10.0. The summed E-state index contributed by atoms with van der Waals surface area (Å²) in [5.41, 5.74) is 5.01. The van der Waals surface area contributed by atoms with Gasteiger partial charge in [0.05, 0.1) is 12.2 Å². The van der Waals surface area contributed by atoms with Crippen LogP contribution >= 0.6 is 0 Å². The molecular weight excluding hydrogens is 328 g/mol. The fourth-order valence-electron chi connectivity index (χ4n) is 3.45. The third-order valence-corrected chi connectivity index (χ3v) is 4.99. The first-order chi connectivity index (χ1) is 12.5. The number of amides is 2. The van der Waals surface area contributed by atoms with Crippen LogP contribution in [0.3, 0.4) is 0 Å². The summed E-state index contributed by atoms with van der Waals surface area (Å²) in [6, 6.07) is 12.1. The first-order valence-corrected chi connectivity index (χ1v) is 8.64. The topological polar surface area (TPSA) is 65.3 Å². The second kappa shape index (κ2) is 6.05. The lowest BCUT2D eigenvalue weighted by molar-refractivity contribution is -0.123. The summed E-state index contributed by atoms with van der Waals surface area (Å²) >= 11 is 0. The minimum Gasteiger partial charge on any atom is -0.271 e. The molecule has 0 bridgehead atoms. The van der Waals surface area contributed by atoms with Crippen molar-refractivity contribution in [3.63, 3.8) is 0 Å². The molecule has 1 fully saturated rings. The predicted octanol–water partition coefficient (Wildman–Crippen LogP) is 3.11. The van der Waals surface area contributed by atoms with Crippen LogP contribution in [0.5, 0.6) is 0 Å². The van der Waals surface area contributed by atoms with Crippen LogP contribution in [0.2, 0.25) is 0 Å². The summed E-state index contributed by atoms with van der Waals surface area (Å²) < 4.78 is 0. The molecule has 26 heavy (non-hydrogen) atoms. The SMILES string of the molecule is Cc1ccc(N2C(=O)[C@H]3N=NN(Cc4cc(C)ccc4C)[C@@H]3C2=O)cc1. The quantitative estimate of drug-likeness (QED) is 0.801. The van der Waals surface area contributed by atoms with E-state index in [0.717, 1.165) is 22.3 Å². The Labute approximate surface area is 152 Å². The molecule has 2 aliphatic rings. The molecule has 0 unspecified atom stereocenters. The zero-order valence-corrected chi connectivity index (χ0v) is 15.0. The Bertz CT molecular complexity index is 920. The molecule has 2 heterocycles.